The molecule has 4 nitrogen and oxygen atoms in total. The first-order chi connectivity index (χ1) is 7.66. The van der Waals surface area contributed by atoms with Crippen molar-refractivity contribution in [3.8, 4) is 0 Å². The van der Waals surface area contributed by atoms with Crippen LogP contribution in [-0.2, 0) is 6.54 Å². The van der Waals surface area contributed by atoms with Gasteiger partial charge in [-0.05, 0) is 12.1 Å². The van der Waals surface area contributed by atoms with Gasteiger partial charge in [0.05, 0.1) is 22.8 Å². The van der Waals surface area contributed by atoms with Crippen LogP contribution in [0, 0.1) is 0 Å². The van der Waals surface area contributed by atoms with Gasteiger partial charge < -0.3 is 10.0 Å². The highest BCUT2D eigenvalue weighted by molar-refractivity contribution is 7.17. The average molecular weight is 254 g/mol. The molecule has 0 atom stereocenters. The van der Waals surface area contributed by atoms with Crippen molar-refractivity contribution in [2.45, 2.75) is 6.54 Å². The number of carboxylic acid groups (broad SMARTS) is 1. The number of anilines is 1. The maximum absolute atomic E-state index is 10.7. The van der Waals surface area contributed by atoms with E-state index in [1.54, 1.807) is 22.9 Å². The lowest BCUT2D eigenvalue weighted by Gasteiger charge is -2.14. The SMILES string of the molecule is CN(Cc1cscn1)c1ccc(C(=O)O)s1. The lowest BCUT2D eigenvalue weighted by Crippen LogP contribution is -2.15. The molecule has 0 saturated heterocycles. The molecule has 2 aromatic rings. The van der Waals surface area contributed by atoms with Crippen LogP contribution in [0.3, 0.4) is 0 Å². The smallest absolute Gasteiger partial charge is 0.345 e. The van der Waals surface area contributed by atoms with Crippen LogP contribution < -0.4 is 4.90 Å². The fourth-order valence-electron chi connectivity index (χ4n) is 1.28. The molecule has 84 valence electrons. The second-order valence-corrected chi connectivity index (χ2v) is 5.06. The Hall–Kier alpha value is -1.40. The van der Waals surface area contributed by atoms with Crippen molar-refractivity contribution in [2.24, 2.45) is 0 Å². The first-order valence-electron chi connectivity index (χ1n) is 4.58. The fourth-order valence-corrected chi connectivity index (χ4v) is 2.64. The maximum Gasteiger partial charge on any atom is 0.345 e. The van der Waals surface area contributed by atoms with E-state index >= 15 is 0 Å². The number of thiazole rings is 1. The lowest BCUT2D eigenvalue weighted by atomic mass is 10.4. The van der Waals surface area contributed by atoms with Crippen LogP contribution in [-0.4, -0.2) is 23.1 Å². The molecular formula is C10H10N2O2S2. The van der Waals surface area contributed by atoms with E-state index in [2.05, 4.69) is 4.98 Å². The van der Waals surface area contributed by atoms with Crippen LogP contribution in [0.25, 0.3) is 0 Å². The Bertz CT molecular complexity index is 479. The van der Waals surface area contributed by atoms with Crippen LogP contribution in [0.1, 0.15) is 15.4 Å². The Kier molecular flexibility index (Phi) is 3.21. The molecular weight excluding hydrogens is 244 g/mol. The number of carboxylic acids is 1. The van der Waals surface area contributed by atoms with Gasteiger partial charge in [0.1, 0.15) is 4.88 Å². The molecule has 0 aliphatic carbocycles. The van der Waals surface area contributed by atoms with Gasteiger partial charge in [-0.15, -0.1) is 22.7 Å². The quantitative estimate of drug-likeness (QED) is 0.911. The highest BCUT2D eigenvalue weighted by Gasteiger charge is 2.10. The molecule has 16 heavy (non-hydrogen) atoms. The van der Waals surface area contributed by atoms with Gasteiger partial charge >= 0.3 is 5.97 Å². The van der Waals surface area contributed by atoms with E-state index < -0.39 is 5.97 Å². The topological polar surface area (TPSA) is 53.4 Å². The number of hydrogen-bond donors (Lipinski definition) is 1. The first kappa shape index (κ1) is 11.1. The Morgan fingerprint density at radius 3 is 2.94 bits per heavy atom. The summed E-state index contributed by atoms with van der Waals surface area (Å²) in [5.74, 6) is -0.877. The van der Waals surface area contributed by atoms with Crippen LogP contribution in [0.2, 0.25) is 0 Å². The Balaban J connectivity index is 2.08. The number of aromatic carboxylic acids is 1. The number of aromatic nitrogens is 1. The van der Waals surface area contributed by atoms with Gasteiger partial charge in [-0.25, -0.2) is 9.78 Å². The second-order valence-electron chi connectivity index (χ2n) is 3.28. The van der Waals surface area contributed by atoms with E-state index in [0.29, 0.717) is 11.4 Å². The Morgan fingerprint density at radius 1 is 1.56 bits per heavy atom. The molecule has 0 amide bonds. The normalized spacial score (nSPS) is 10.3. The lowest BCUT2D eigenvalue weighted by molar-refractivity contribution is 0.0702. The second kappa shape index (κ2) is 4.63. The van der Waals surface area contributed by atoms with Gasteiger partial charge in [-0.2, -0.15) is 0 Å². The van der Waals surface area contributed by atoms with Crippen molar-refractivity contribution in [3.63, 3.8) is 0 Å². The molecule has 0 unspecified atom stereocenters. The highest BCUT2D eigenvalue weighted by Crippen LogP contribution is 2.26. The Morgan fingerprint density at radius 2 is 2.38 bits per heavy atom. The number of carbonyl (C=O) groups is 1. The number of hydrogen-bond acceptors (Lipinski definition) is 5. The average Bonchev–Trinajstić information content (AvgIpc) is 2.86. The fraction of sp³-hybridized carbons (Fsp3) is 0.200. The molecule has 6 heteroatoms. The molecule has 1 N–H and O–H groups in total. The largest absolute Gasteiger partial charge is 0.477 e. The standard InChI is InChI=1S/C10H10N2O2S2/c1-12(4-7-5-15-6-11-7)9-3-2-8(16-9)10(13)14/h2-3,5-6H,4H2,1H3,(H,13,14). The summed E-state index contributed by atoms with van der Waals surface area (Å²) in [4.78, 5) is 17.3. The molecule has 0 bridgehead atoms. The van der Waals surface area contributed by atoms with Gasteiger partial charge in [0, 0.05) is 12.4 Å². The summed E-state index contributed by atoms with van der Waals surface area (Å²) in [5, 5.41) is 11.7. The van der Waals surface area contributed by atoms with E-state index in [0.717, 1.165) is 10.7 Å². The van der Waals surface area contributed by atoms with Gasteiger partial charge in [0.15, 0.2) is 0 Å². The highest BCUT2D eigenvalue weighted by atomic mass is 32.1. The molecule has 0 fully saturated rings. The molecule has 0 spiro atoms. The van der Waals surface area contributed by atoms with Crippen molar-refractivity contribution < 1.29 is 9.90 Å². The zero-order valence-electron chi connectivity index (χ0n) is 8.58. The summed E-state index contributed by atoms with van der Waals surface area (Å²) in [6.07, 6.45) is 0. The number of nitrogens with zero attached hydrogens (tertiary/aromatic N) is 2. The van der Waals surface area contributed by atoms with E-state index in [4.69, 9.17) is 5.11 Å². The third-order valence-electron chi connectivity index (χ3n) is 2.06. The summed E-state index contributed by atoms with van der Waals surface area (Å²) in [6.45, 7) is 0.697. The molecule has 0 saturated carbocycles. The van der Waals surface area contributed by atoms with Crippen molar-refractivity contribution in [1.82, 2.24) is 4.98 Å². The van der Waals surface area contributed by atoms with Crippen molar-refractivity contribution >= 4 is 33.6 Å². The van der Waals surface area contributed by atoms with E-state index in [1.165, 1.54) is 11.3 Å². The minimum absolute atomic E-state index is 0.361. The summed E-state index contributed by atoms with van der Waals surface area (Å²) in [5.41, 5.74) is 2.79. The minimum atomic E-state index is -0.877. The van der Waals surface area contributed by atoms with Crippen LogP contribution >= 0.6 is 22.7 Å². The molecule has 0 radical (unpaired) electrons. The predicted octanol–water partition coefficient (Wildman–Crippen LogP) is 2.54. The van der Waals surface area contributed by atoms with Gasteiger partial charge in [0.25, 0.3) is 0 Å². The monoisotopic (exact) mass is 254 g/mol. The number of thiophene rings is 1. The third-order valence-corrected chi connectivity index (χ3v) is 3.88. The zero-order valence-corrected chi connectivity index (χ0v) is 10.2. The van der Waals surface area contributed by atoms with Gasteiger partial charge in [0.2, 0.25) is 0 Å². The molecule has 2 aromatic heterocycles. The van der Waals surface area contributed by atoms with Crippen LogP contribution in [0.4, 0.5) is 5.00 Å². The Labute approximate surface area is 101 Å². The summed E-state index contributed by atoms with van der Waals surface area (Å²) < 4.78 is 0. The zero-order chi connectivity index (χ0) is 11.5. The van der Waals surface area contributed by atoms with Crippen molar-refractivity contribution in [2.75, 3.05) is 11.9 Å². The first-order valence-corrected chi connectivity index (χ1v) is 6.34. The van der Waals surface area contributed by atoms with Crippen molar-refractivity contribution in [1.29, 1.82) is 0 Å². The number of rotatable bonds is 4. The van der Waals surface area contributed by atoms with Gasteiger partial charge in [-0.1, -0.05) is 0 Å². The molecule has 2 rings (SSSR count). The predicted molar refractivity (Wildman–Crippen MR) is 65.5 cm³/mol. The molecule has 0 aliphatic rings. The van der Waals surface area contributed by atoms with Crippen molar-refractivity contribution in [3.05, 3.63) is 33.6 Å². The van der Waals surface area contributed by atoms with Crippen LogP contribution in [0.15, 0.2) is 23.0 Å². The summed E-state index contributed by atoms with van der Waals surface area (Å²) >= 11 is 2.83. The molecule has 2 heterocycles. The third kappa shape index (κ3) is 2.40. The van der Waals surface area contributed by atoms with E-state index in [-0.39, 0.29) is 0 Å². The van der Waals surface area contributed by atoms with Gasteiger partial charge in [-0.3, -0.25) is 0 Å². The maximum atomic E-state index is 10.7. The molecule has 0 aliphatic heterocycles. The minimum Gasteiger partial charge on any atom is -0.477 e. The van der Waals surface area contributed by atoms with E-state index in [1.807, 2.05) is 23.4 Å². The summed E-state index contributed by atoms with van der Waals surface area (Å²) in [7, 11) is 1.93. The van der Waals surface area contributed by atoms with E-state index in [9.17, 15) is 4.79 Å². The molecule has 0 aromatic carbocycles. The summed E-state index contributed by atoms with van der Waals surface area (Å²) in [6, 6.07) is 3.44. The van der Waals surface area contributed by atoms with Crippen LogP contribution in [0.5, 0.6) is 0 Å².